The van der Waals surface area contributed by atoms with Crippen molar-refractivity contribution in [2.24, 2.45) is 0 Å². The van der Waals surface area contributed by atoms with E-state index in [4.69, 9.17) is 29.3 Å². The summed E-state index contributed by atoms with van der Waals surface area (Å²) < 4.78 is 75.8. The van der Waals surface area contributed by atoms with Crippen molar-refractivity contribution in [1.29, 1.82) is 0 Å². The number of carboxylic acid groups (broad SMARTS) is 2. The quantitative estimate of drug-likeness (QED) is 0.491. The number of aryl methyl sites for hydroxylation is 2. The average molecular weight is 588 g/mol. The Labute approximate surface area is 223 Å². The second kappa shape index (κ2) is 13.5. The number of carbonyl (C=O) groups is 2. The molecule has 1 unspecified atom stereocenters. The summed E-state index contributed by atoms with van der Waals surface area (Å²) in [5, 5.41) is 17.5. The van der Waals surface area contributed by atoms with Gasteiger partial charge in [-0.25, -0.2) is 14.6 Å². The molecule has 2 aliphatic heterocycles. The standard InChI is InChI=1S/C19H25N3O2S.2C2HF3O2/c1-14-5-16(8-20-7-14)10-23-18-3-4-24-19(6-18)12-22(13-19)9-17-11-25-15(2)21-17;2*3-2(4,5)1(6)7/h5,7-8,11,18H,3-4,6,9-10,12-13H2,1-2H3;2*(H,6,7). The summed E-state index contributed by atoms with van der Waals surface area (Å²) >= 11 is 1.72. The molecule has 16 heteroatoms. The first kappa shape index (κ1) is 32.4. The van der Waals surface area contributed by atoms with E-state index in [1.165, 1.54) is 11.3 Å². The van der Waals surface area contributed by atoms with E-state index in [1.54, 1.807) is 11.3 Å². The number of hydrogen-bond acceptors (Lipinski definition) is 8. The van der Waals surface area contributed by atoms with E-state index < -0.39 is 24.3 Å². The van der Waals surface area contributed by atoms with E-state index in [2.05, 4.69) is 40.2 Å². The molecule has 0 aromatic carbocycles. The zero-order valence-electron chi connectivity index (χ0n) is 20.9. The third-order valence-corrected chi connectivity index (χ3v) is 6.25. The molecule has 2 aliphatic rings. The second-order valence-electron chi connectivity index (χ2n) is 8.94. The first-order valence-electron chi connectivity index (χ1n) is 11.4. The summed E-state index contributed by atoms with van der Waals surface area (Å²) in [5.41, 5.74) is 3.48. The smallest absolute Gasteiger partial charge is 0.475 e. The maximum absolute atomic E-state index is 10.6. The average Bonchev–Trinajstić information content (AvgIpc) is 3.21. The van der Waals surface area contributed by atoms with E-state index in [0.29, 0.717) is 6.61 Å². The Morgan fingerprint density at radius 1 is 1.13 bits per heavy atom. The van der Waals surface area contributed by atoms with Crippen LogP contribution in [0.4, 0.5) is 26.3 Å². The van der Waals surface area contributed by atoms with Crippen LogP contribution in [0.15, 0.2) is 23.8 Å². The summed E-state index contributed by atoms with van der Waals surface area (Å²) in [6.45, 7) is 8.44. The van der Waals surface area contributed by atoms with Gasteiger partial charge in [-0.15, -0.1) is 11.3 Å². The van der Waals surface area contributed by atoms with E-state index in [-0.39, 0.29) is 11.7 Å². The van der Waals surface area contributed by atoms with Gasteiger partial charge < -0.3 is 19.7 Å². The molecule has 1 atom stereocenters. The summed E-state index contributed by atoms with van der Waals surface area (Å²) in [6, 6.07) is 2.14. The Bertz CT molecular complexity index is 1080. The highest BCUT2D eigenvalue weighted by Crippen LogP contribution is 2.36. The lowest BCUT2D eigenvalue weighted by molar-refractivity contribution is -0.200. The van der Waals surface area contributed by atoms with Crippen molar-refractivity contribution in [1.82, 2.24) is 14.9 Å². The topological polar surface area (TPSA) is 122 Å². The fraction of sp³-hybridized carbons (Fsp3) is 0.565. The Kier molecular flexibility index (Phi) is 11.2. The molecule has 2 N–H and O–H groups in total. The van der Waals surface area contributed by atoms with Crippen molar-refractivity contribution < 1.29 is 55.6 Å². The lowest BCUT2D eigenvalue weighted by Crippen LogP contribution is -2.65. The molecule has 0 saturated carbocycles. The number of nitrogens with zero attached hydrogens (tertiary/aromatic N) is 3. The number of hydrogen-bond donors (Lipinski definition) is 2. The normalized spacial score (nSPS) is 18.7. The van der Waals surface area contributed by atoms with E-state index in [0.717, 1.165) is 49.7 Å². The van der Waals surface area contributed by atoms with Crippen LogP contribution in [-0.2, 0) is 32.2 Å². The van der Waals surface area contributed by atoms with Gasteiger partial charge in [-0.2, -0.15) is 26.3 Å². The predicted molar refractivity (Wildman–Crippen MR) is 125 cm³/mol. The maximum atomic E-state index is 10.6. The third-order valence-electron chi connectivity index (χ3n) is 5.43. The molecular formula is C23H27F6N3O6S. The third kappa shape index (κ3) is 11.1. The van der Waals surface area contributed by atoms with Crippen molar-refractivity contribution in [3.8, 4) is 0 Å². The van der Waals surface area contributed by atoms with Gasteiger partial charge in [0, 0.05) is 50.4 Å². The maximum Gasteiger partial charge on any atom is 0.490 e. The number of carboxylic acids is 2. The number of aromatic nitrogens is 2. The van der Waals surface area contributed by atoms with Gasteiger partial charge in [-0.1, -0.05) is 6.07 Å². The van der Waals surface area contributed by atoms with Gasteiger partial charge in [-0.05, 0) is 31.4 Å². The van der Waals surface area contributed by atoms with Crippen LogP contribution in [-0.4, -0.2) is 80.8 Å². The molecule has 39 heavy (non-hydrogen) atoms. The Morgan fingerprint density at radius 2 is 1.72 bits per heavy atom. The Hall–Kier alpha value is -2.82. The number of pyridine rings is 1. The highest BCUT2D eigenvalue weighted by atomic mass is 32.1. The minimum Gasteiger partial charge on any atom is -0.475 e. The lowest BCUT2D eigenvalue weighted by Gasteiger charge is -2.53. The van der Waals surface area contributed by atoms with Crippen molar-refractivity contribution in [2.45, 2.75) is 63.9 Å². The number of aliphatic carboxylic acids is 2. The number of rotatable bonds is 5. The molecule has 0 bridgehead atoms. The fourth-order valence-electron chi connectivity index (χ4n) is 3.85. The summed E-state index contributed by atoms with van der Waals surface area (Å²) in [6.07, 6.45) is -4.16. The summed E-state index contributed by atoms with van der Waals surface area (Å²) in [7, 11) is 0. The Balaban J connectivity index is 0.000000317. The van der Waals surface area contributed by atoms with Crippen LogP contribution < -0.4 is 0 Å². The minimum atomic E-state index is -5.08. The van der Waals surface area contributed by atoms with Crippen LogP contribution in [0, 0.1) is 13.8 Å². The van der Waals surface area contributed by atoms with Crippen LogP contribution in [0.5, 0.6) is 0 Å². The molecule has 1 spiro atoms. The molecule has 9 nitrogen and oxygen atoms in total. The zero-order chi connectivity index (χ0) is 29.4. The lowest BCUT2D eigenvalue weighted by atomic mass is 9.84. The predicted octanol–water partition coefficient (Wildman–Crippen LogP) is 4.37. The van der Waals surface area contributed by atoms with Crippen molar-refractivity contribution >= 4 is 23.3 Å². The fourth-order valence-corrected chi connectivity index (χ4v) is 4.45. The molecule has 0 amide bonds. The largest absolute Gasteiger partial charge is 0.490 e. The van der Waals surface area contributed by atoms with Gasteiger partial charge >= 0.3 is 24.3 Å². The monoisotopic (exact) mass is 587 g/mol. The molecule has 0 aliphatic carbocycles. The molecule has 2 saturated heterocycles. The number of ether oxygens (including phenoxy) is 2. The van der Waals surface area contributed by atoms with Gasteiger partial charge in [0.05, 0.1) is 29.0 Å². The van der Waals surface area contributed by atoms with Crippen LogP contribution >= 0.6 is 11.3 Å². The van der Waals surface area contributed by atoms with Crippen LogP contribution in [0.2, 0.25) is 0 Å². The van der Waals surface area contributed by atoms with Crippen molar-refractivity contribution in [3.63, 3.8) is 0 Å². The van der Waals surface area contributed by atoms with Crippen LogP contribution in [0.1, 0.15) is 34.7 Å². The van der Waals surface area contributed by atoms with Gasteiger partial charge in [0.15, 0.2) is 0 Å². The highest BCUT2D eigenvalue weighted by Gasteiger charge is 2.47. The molecule has 0 radical (unpaired) electrons. The van der Waals surface area contributed by atoms with E-state index in [9.17, 15) is 26.3 Å². The van der Waals surface area contributed by atoms with Crippen LogP contribution in [0.3, 0.4) is 0 Å². The highest BCUT2D eigenvalue weighted by molar-refractivity contribution is 7.09. The Morgan fingerprint density at radius 3 is 2.21 bits per heavy atom. The number of likely N-dealkylation sites (tertiary alicyclic amines) is 1. The molecule has 4 heterocycles. The summed E-state index contributed by atoms with van der Waals surface area (Å²) in [5.74, 6) is -5.51. The minimum absolute atomic E-state index is 0.0150. The molecule has 4 rings (SSSR count). The second-order valence-corrected chi connectivity index (χ2v) is 10.00. The zero-order valence-corrected chi connectivity index (χ0v) is 21.7. The van der Waals surface area contributed by atoms with Crippen molar-refractivity contribution in [3.05, 3.63) is 45.7 Å². The molecular weight excluding hydrogens is 560 g/mol. The number of halogens is 6. The van der Waals surface area contributed by atoms with Gasteiger partial charge in [0.1, 0.15) is 0 Å². The SMILES string of the molecule is Cc1cncc(COC2CCOC3(C2)CN(Cc2csc(C)n2)C3)c1.O=C(O)C(F)(F)F.O=C(O)C(F)(F)F. The van der Waals surface area contributed by atoms with Crippen LogP contribution in [0.25, 0.3) is 0 Å². The first-order valence-corrected chi connectivity index (χ1v) is 12.3. The molecule has 2 fully saturated rings. The number of thiazole rings is 1. The van der Waals surface area contributed by atoms with Crippen molar-refractivity contribution in [2.75, 3.05) is 19.7 Å². The molecule has 2 aromatic rings. The van der Waals surface area contributed by atoms with Gasteiger partial charge in [-0.3, -0.25) is 9.88 Å². The van der Waals surface area contributed by atoms with E-state index >= 15 is 0 Å². The van der Waals surface area contributed by atoms with Gasteiger partial charge in [0.2, 0.25) is 0 Å². The van der Waals surface area contributed by atoms with Gasteiger partial charge in [0.25, 0.3) is 0 Å². The first-order chi connectivity index (χ1) is 18.0. The molecule has 218 valence electrons. The van der Waals surface area contributed by atoms with E-state index in [1.807, 2.05) is 12.4 Å². The summed E-state index contributed by atoms with van der Waals surface area (Å²) in [4.78, 5) is 29.0. The number of alkyl halides is 6. The molecule has 2 aromatic heterocycles.